The molecule has 0 fully saturated rings. The maximum atomic E-state index is 11.3. The summed E-state index contributed by atoms with van der Waals surface area (Å²) in [5.74, 6) is 0. The van der Waals surface area contributed by atoms with E-state index in [-0.39, 0.29) is 64.0 Å². The van der Waals surface area contributed by atoms with Crippen LogP contribution in [0.15, 0.2) is 29.2 Å². The van der Waals surface area contributed by atoms with E-state index < -0.39 is 10.1 Å². The van der Waals surface area contributed by atoms with E-state index in [0.29, 0.717) is 6.42 Å². The van der Waals surface area contributed by atoms with Crippen LogP contribution < -0.4 is 0 Å². The van der Waals surface area contributed by atoms with E-state index in [1.165, 1.54) is 57.4 Å². The number of hydrogen-bond acceptors (Lipinski definition) is 2. The van der Waals surface area contributed by atoms with E-state index in [2.05, 4.69) is 6.92 Å². The van der Waals surface area contributed by atoms with Crippen LogP contribution in [-0.4, -0.2) is 72.1 Å². The largest absolute Gasteiger partial charge is 0.294 e. The van der Waals surface area contributed by atoms with Crippen molar-refractivity contribution in [3.8, 4) is 0 Å². The molecule has 128 valence electrons. The van der Waals surface area contributed by atoms with Crippen molar-refractivity contribution >= 4 is 69.2 Å². The first kappa shape index (κ1) is 27.3. The average molecular weight is 372 g/mol. The van der Waals surface area contributed by atoms with Crippen molar-refractivity contribution in [3.05, 3.63) is 29.8 Å². The summed E-state index contributed by atoms with van der Waals surface area (Å²) >= 11 is 0. The molecule has 0 spiro atoms. The van der Waals surface area contributed by atoms with E-state index in [4.69, 9.17) is 0 Å². The molecule has 0 saturated carbocycles. The molecule has 0 bridgehead atoms. The number of aryl methyl sites for hydroxylation is 1. The number of rotatable bonds is 12. The second-order valence-electron chi connectivity index (χ2n) is 6.01. The molecule has 6 heteroatoms. The molecule has 1 aromatic rings. The zero-order chi connectivity index (χ0) is 16.3. The summed E-state index contributed by atoms with van der Waals surface area (Å²) in [6.07, 6.45) is 13.3. The first-order valence-corrected chi connectivity index (χ1v) is 10.0. The van der Waals surface area contributed by atoms with Crippen LogP contribution in [0.4, 0.5) is 0 Å². The molecule has 24 heavy (non-hydrogen) atoms. The summed E-state index contributed by atoms with van der Waals surface area (Å²) in [6.45, 7) is 2.24. The van der Waals surface area contributed by atoms with E-state index in [1.54, 1.807) is 12.1 Å². The van der Waals surface area contributed by atoms with Gasteiger partial charge >= 0.3 is 0 Å². The first-order chi connectivity index (χ1) is 10.6. The molecule has 2 radical (unpaired) electrons. The standard InChI is InChI=1S/C18H30O3S.2Na/c1-2-3-4-5-6-7-8-9-10-11-14-17-15-12-13-16-18(17)22(19,20)21;;/h12-13,15-16H,2-11,14H2,1H3,(H,19,20,21);;. The SMILES string of the molecule is CCCCCCCCCCCCc1ccccc1S(=O)(=O)O.[Na].[Na]. The van der Waals surface area contributed by atoms with Gasteiger partial charge in [-0.1, -0.05) is 82.9 Å². The summed E-state index contributed by atoms with van der Waals surface area (Å²) in [5.41, 5.74) is 0.726. The molecule has 1 aromatic carbocycles. The van der Waals surface area contributed by atoms with Gasteiger partial charge in [0.1, 0.15) is 0 Å². The molecule has 0 atom stereocenters. The Labute approximate surface area is 192 Å². The van der Waals surface area contributed by atoms with Gasteiger partial charge in [0.2, 0.25) is 0 Å². The fourth-order valence-corrected chi connectivity index (χ4v) is 3.52. The van der Waals surface area contributed by atoms with Crippen molar-refractivity contribution in [1.29, 1.82) is 0 Å². The Kier molecular flexibility index (Phi) is 18.6. The van der Waals surface area contributed by atoms with Gasteiger partial charge < -0.3 is 0 Å². The molecule has 1 rings (SSSR count). The van der Waals surface area contributed by atoms with Gasteiger partial charge in [-0.3, -0.25) is 4.55 Å². The monoisotopic (exact) mass is 372 g/mol. The Morgan fingerprint density at radius 2 is 1.25 bits per heavy atom. The molecular formula is C18H30Na2O3S. The topological polar surface area (TPSA) is 54.4 Å². The quantitative estimate of drug-likeness (QED) is 0.330. The van der Waals surface area contributed by atoms with Gasteiger partial charge in [0.05, 0.1) is 4.90 Å². The van der Waals surface area contributed by atoms with Gasteiger partial charge in [0.25, 0.3) is 10.1 Å². The van der Waals surface area contributed by atoms with Crippen LogP contribution in [0.2, 0.25) is 0 Å². The van der Waals surface area contributed by atoms with Crippen LogP contribution in [-0.2, 0) is 16.5 Å². The molecule has 0 heterocycles. The third-order valence-corrected chi connectivity index (χ3v) is 5.00. The Bertz CT molecular complexity index is 519. The van der Waals surface area contributed by atoms with Gasteiger partial charge in [-0.25, -0.2) is 0 Å². The summed E-state index contributed by atoms with van der Waals surface area (Å²) < 4.78 is 31.8. The van der Waals surface area contributed by atoms with E-state index >= 15 is 0 Å². The van der Waals surface area contributed by atoms with Gasteiger partial charge in [-0.05, 0) is 24.5 Å². The predicted molar refractivity (Wildman–Crippen MR) is 103 cm³/mol. The van der Waals surface area contributed by atoms with E-state index in [0.717, 1.165) is 18.4 Å². The summed E-state index contributed by atoms with van der Waals surface area (Å²) in [7, 11) is -4.10. The second-order valence-corrected chi connectivity index (χ2v) is 7.40. The van der Waals surface area contributed by atoms with Crippen molar-refractivity contribution in [2.45, 2.75) is 82.4 Å². The molecule has 0 aliphatic heterocycles. The molecule has 0 amide bonds. The first-order valence-electron chi connectivity index (χ1n) is 8.61. The van der Waals surface area contributed by atoms with Gasteiger partial charge in [-0.2, -0.15) is 8.42 Å². The zero-order valence-electron chi connectivity index (χ0n) is 15.8. The van der Waals surface area contributed by atoms with Gasteiger partial charge in [0, 0.05) is 59.1 Å². The maximum Gasteiger partial charge on any atom is 0.294 e. The smallest absolute Gasteiger partial charge is 0.282 e. The van der Waals surface area contributed by atoms with Crippen LogP contribution in [0.1, 0.15) is 76.7 Å². The predicted octanol–water partition coefficient (Wildman–Crippen LogP) is 4.64. The Morgan fingerprint density at radius 3 is 1.75 bits per heavy atom. The van der Waals surface area contributed by atoms with E-state index in [9.17, 15) is 13.0 Å². The normalized spacial score (nSPS) is 10.8. The van der Waals surface area contributed by atoms with Crippen LogP contribution in [0.3, 0.4) is 0 Å². The van der Waals surface area contributed by atoms with Crippen molar-refractivity contribution in [2.24, 2.45) is 0 Å². The maximum absolute atomic E-state index is 11.3. The number of benzene rings is 1. The fraction of sp³-hybridized carbons (Fsp3) is 0.667. The van der Waals surface area contributed by atoms with Crippen molar-refractivity contribution in [1.82, 2.24) is 0 Å². The minimum atomic E-state index is -4.10. The van der Waals surface area contributed by atoms with Gasteiger partial charge in [-0.15, -0.1) is 0 Å². The molecule has 0 saturated heterocycles. The van der Waals surface area contributed by atoms with Crippen LogP contribution in [0.5, 0.6) is 0 Å². The minimum Gasteiger partial charge on any atom is -0.282 e. The van der Waals surface area contributed by atoms with Crippen molar-refractivity contribution in [2.75, 3.05) is 0 Å². The molecule has 0 aliphatic carbocycles. The Morgan fingerprint density at radius 1 is 0.792 bits per heavy atom. The van der Waals surface area contributed by atoms with Crippen LogP contribution in [0, 0.1) is 0 Å². The third-order valence-electron chi connectivity index (χ3n) is 4.05. The number of unbranched alkanes of at least 4 members (excludes halogenated alkanes) is 9. The summed E-state index contributed by atoms with van der Waals surface area (Å²) in [6, 6.07) is 6.73. The second kappa shape index (κ2) is 16.3. The average Bonchev–Trinajstić information content (AvgIpc) is 2.48. The number of hydrogen-bond donors (Lipinski definition) is 1. The van der Waals surface area contributed by atoms with E-state index in [1.807, 2.05) is 6.07 Å². The Balaban J connectivity index is 0. The molecule has 0 unspecified atom stereocenters. The summed E-state index contributed by atoms with van der Waals surface area (Å²) in [4.78, 5) is 0.0610. The molecular weight excluding hydrogens is 342 g/mol. The van der Waals surface area contributed by atoms with Gasteiger partial charge in [0.15, 0.2) is 0 Å². The van der Waals surface area contributed by atoms with Crippen LogP contribution >= 0.6 is 0 Å². The molecule has 0 aliphatic rings. The minimum absolute atomic E-state index is 0. The van der Waals surface area contributed by atoms with Crippen molar-refractivity contribution < 1.29 is 13.0 Å². The molecule has 3 nitrogen and oxygen atoms in total. The van der Waals surface area contributed by atoms with Crippen molar-refractivity contribution in [3.63, 3.8) is 0 Å². The molecule has 1 N–H and O–H groups in total. The Hall–Kier alpha value is 1.13. The van der Waals surface area contributed by atoms with Crippen LogP contribution in [0.25, 0.3) is 0 Å². The molecule has 0 aromatic heterocycles. The summed E-state index contributed by atoms with van der Waals surface area (Å²) in [5, 5.41) is 0. The third kappa shape index (κ3) is 12.5. The fourth-order valence-electron chi connectivity index (χ4n) is 2.76. The zero-order valence-corrected chi connectivity index (χ0v) is 20.6.